The molecule has 4 heteroatoms. The molecule has 0 saturated heterocycles. The molecular weight excluding hydrogens is 266 g/mol. The van der Waals surface area contributed by atoms with Crippen molar-refractivity contribution in [1.82, 2.24) is 15.0 Å². The molecule has 2 atom stereocenters. The van der Waals surface area contributed by atoms with Crippen LogP contribution in [0.2, 0.25) is 0 Å². The molecule has 90 valence electrons. The Kier molecular flexibility index (Phi) is 4.00. The van der Waals surface area contributed by atoms with Crippen molar-refractivity contribution in [2.75, 3.05) is 5.33 Å². The van der Waals surface area contributed by atoms with Gasteiger partial charge in [-0.1, -0.05) is 35.0 Å². The number of aryl methyl sites for hydroxylation is 1. The van der Waals surface area contributed by atoms with Gasteiger partial charge in [-0.25, -0.2) is 4.68 Å². The van der Waals surface area contributed by atoms with Crippen LogP contribution in [0.1, 0.15) is 44.8 Å². The number of nitrogens with zero attached hydrogens (tertiary/aromatic N) is 3. The summed E-state index contributed by atoms with van der Waals surface area (Å²) >= 11 is 3.43. The molecule has 1 aromatic rings. The number of alkyl halides is 1. The predicted octanol–water partition coefficient (Wildman–Crippen LogP) is 3.21. The van der Waals surface area contributed by atoms with Gasteiger partial charge in [0.05, 0.1) is 11.7 Å². The summed E-state index contributed by atoms with van der Waals surface area (Å²) in [5.74, 6) is 1.63. The molecule has 0 aromatic carbocycles. The van der Waals surface area contributed by atoms with E-state index in [2.05, 4.69) is 51.0 Å². The molecule has 0 spiro atoms. The van der Waals surface area contributed by atoms with Crippen molar-refractivity contribution in [2.45, 2.75) is 45.6 Å². The molecule has 0 radical (unpaired) electrons. The maximum absolute atomic E-state index is 4.27. The van der Waals surface area contributed by atoms with E-state index in [1.807, 2.05) is 0 Å². The lowest BCUT2D eigenvalue weighted by atomic mass is 9.80. The quantitative estimate of drug-likeness (QED) is 0.799. The van der Waals surface area contributed by atoms with Crippen molar-refractivity contribution in [2.24, 2.45) is 11.8 Å². The summed E-state index contributed by atoms with van der Waals surface area (Å²) in [6, 6.07) is 0.565. The van der Waals surface area contributed by atoms with Crippen LogP contribution in [0.25, 0.3) is 0 Å². The minimum Gasteiger partial charge on any atom is -0.249 e. The SMILES string of the molecule is CC1CC(C)CC(n2cc(CCBr)nn2)C1. The van der Waals surface area contributed by atoms with Gasteiger partial charge in [-0.3, -0.25) is 0 Å². The fraction of sp³-hybridized carbons (Fsp3) is 0.833. The van der Waals surface area contributed by atoms with E-state index >= 15 is 0 Å². The number of hydrogen-bond donors (Lipinski definition) is 0. The van der Waals surface area contributed by atoms with E-state index in [1.54, 1.807) is 0 Å². The van der Waals surface area contributed by atoms with E-state index in [0.29, 0.717) is 6.04 Å². The Bertz CT molecular complexity index is 327. The Morgan fingerprint density at radius 3 is 2.62 bits per heavy atom. The van der Waals surface area contributed by atoms with Crippen LogP contribution in [-0.2, 0) is 6.42 Å². The Morgan fingerprint density at radius 2 is 2.00 bits per heavy atom. The first-order valence-corrected chi connectivity index (χ1v) is 7.28. The number of rotatable bonds is 3. The average molecular weight is 286 g/mol. The largest absolute Gasteiger partial charge is 0.249 e. The molecule has 1 heterocycles. The Labute approximate surface area is 106 Å². The lowest BCUT2D eigenvalue weighted by molar-refractivity contribution is 0.208. The van der Waals surface area contributed by atoms with E-state index in [1.165, 1.54) is 19.3 Å². The first-order chi connectivity index (χ1) is 7.69. The third-order valence-electron chi connectivity index (χ3n) is 3.44. The fourth-order valence-electron chi connectivity index (χ4n) is 2.82. The van der Waals surface area contributed by atoms with E-state index in [9.17, 15) is 0 Å². The highest BCUT2D eigenvalue weighted by molar-refractivity contribution is 9.09. The Balaban J connectivity index is 2.04. The highest BCUT2D eigenvalue weighted by Gasteiger charge is 2.25. The normalized spacial score (nSPS) is 30.6. The average Bonchev–Trinajstić information content (AvgIpc) is 2.65. The zero-order valence-corrected chi connectivity index (χ0v) is 11.7. The fourth-order valence-corrected chi connectivity index (χ4v) is 3.23. The van der Waals surface area contributed by atoms with Crippen molar-refractivity contribution in [1.29, 1.82) is 0 Å². The second kappa shape index (κ2) is 5.30. The van der Waals surface area contributed by atoms with Crippen LogP contribution < -0.4 is 0 Å². The molecule has 2 unspecified atom stereocenters. The molecule has 1 fully saturated rings. The van der Waals surface area contributed by atoms with Gasteiger partial charge in [0.25, 0.3) is 0 Å². The van der Waals surface area contributed by atoms with Crippen LogP contribution in [0.3, 0.4) is 0 Å². The summed E-state index contributed by atoms with van der Waals surface area (Å²) in [4.78, 5) is 0. The van der Waals surface area contributed by atoms with Crippen LogP contribution >= 0.6 is 15.9 Å². The minimum absolute atomic E-state index is 0.565. The maximum atomic E-state index is 4.27. The first kappa shape index (κ1) is 12.1. The van der Waals surface area contributed by atoms with Crippen molar-refractivity contribution in [3.05, 3.63) is 11.9 Å². The topological polar surface area (TPSA) is 30.7 Å². The second-order valence-electron chi connectivity index (χ2n) is 5.20. The van der Waals surface area contributed by atoms with Crippen LogP contribution in [0, 0.1) is 11.8 Å². The van der Waals surface area contributed by atoms with E-state index in [4.69, 9.17) is 0 Å². The Morgan fingerprint density at radius 1 is 1.31 bits per heavy atom. The summed E-state index contributed by atoms with van der Waals surface area (Å²) in [7, 11) is 0. The van der Waals surface area contributed by atoms with Crippen molar-refractivity contribution in [3.63, 3.8) is 0 Å². The van der Waals surface area contributed by atoms with Crippen LogP contribution in [-0.4, -0.2) is 20.3 Å². The second-order valence-corrected chi connectivity index (χ2v) is 5.99. The number of halogens is 1. The smallest absolute Gasteiger partial charge is 0.0835 e. The van der Waals surface area contributed by atoms with Gasteiger partial charge in [-0.15, -0.1) is 5.10 Å². The summed E-state index contributed by atoms with van der Waals surface area (Å²) in [6.45, 7) is 4.69. The monoisotopic (exact) mass is 285 g/mol. The summed E-state index contributed by atoms with van der Waals surface area (Å²) in [6.07, 6.45) is 6.96. The molecule has 1 aromatic heterocycles. The molecule has 0 bridgehead atoms. The van der Waals surface area contributed by atoms with Gasteiger partial charge < -0.3 is 0 Å². The minimum atomic E-state index is 0.565. The summed E-state index contributed by atoms with van der Waals surface area (Å²) in [5, 5.41) is 9.45. The summed E-state index contributed by atoms with van der Waals surface area (Å²) in [5.41, 5.74) is 1.10. The lowest BCUT2D eigenvalue weighted by Gasteiger charge is -2.31. The molecular formula is C12H20BrN3. The van der Waals surface area contributed by atoms with Gasteiger partial charge in [0, 0.05) is 17.9 Å². The van der Waals surface area contributed by atoms with Gasteiger partial charge >= 0.3 is 0 Å². The van der Waals surface area contributed by atoms with Crippen LogP contribution in [0.5, 0.6) is 0 Å². The van der Waals surface area contributed by atoms with E-state index in [0.717, 1.165) is 29.3 Å². The van der Waals surface area contributed by atoms with Crippen molar-refractivity contribution >= 4 is 15.9 Å². The number of hydrogen-bond acceptors (Lipinski definition) is 2. The predicted molar refractivity (Wildman–Crippen MR) is 68.7 cm³/mol. The third kappa shape index (κ3) is 2.84. The molecule has 3 nitrogen and oxygen atoms in total. The zero-order valence-electron chi connectivity index (χ0n) is 10.1. The molecule has 1 aliphatic carbocycles. The molecule has 0 aliphatic heterocycles. The highest BCUT2D eigenvalue weighted by Crippen LogP contribution is 2.35. The van der Waals surface area contributed by atoms with Crippen LogP contribution in [0.4, 0.5) is 0 Å². The van der Waals surface area contributed by atoms with Crippen molar-refractivity contribution < 1.29 is 0 Å². The van der Waals surface area contributed by atoms with Gasteiger partial charge in [0.1, 0.15) is 0 Å². The third-order valence-corrected chi connectivity index (χ3v) is 3.83. The Hall–Kier alpha value is -0.380. The molecule has 1 saturated carbocycles. The van der Waals surface area contributed by atoms with Gasteiger partial charge in [-0.05, 0) is 31.1 Å². The number of aromatic nitrogens is 3. The van der Waals surface area contributed by atoms with Crippen molar-refractivity contribution in [3.8, 4) is 0 Å². The zero-order chi connectivity index (χ0) is 11.5. The highest BCUT2D eigenvalue weighted by atomic mass is 79.9. The van der Waals surface area contributed by atoms with Crippen LogP contribution in [0.15, 0.2) is 6.20 Å². The van der Waals surface area contributed by atoms with Gasteiger partial charge in [-0.2, -0.15) is 0 Å². The van der Waals surface area contributed by atoms with Gasteiger partial charge in [0.2, 0.25) is 0 Å². The standard InChI is InChI=1S/C12H20BrN3/c1-9-5-10(2)7-12(6-9)16-8-11(3-4-13)14-15-16/h8-10,12H,3-7H2,1-2H3. The molecule has 2 rings (SSSR count). The maximum Gasteiger partial charge on any atom is 0.0835 e. The van der Waals surface area contributed by atoms with E-state index < -0.39 is 0 Å². The van der Waals surface area contributed by atoms with Gasteiger partial charge in [0.15, 0.2) is 0 Å². The molecule has 0 N–H and O–H groups in total. The van der Waals surface area contributed by atoms with E-state index in [-0.39, 0.29) is 0 Å². The molecule has 0 amide bonds. The summed E-state index contributed by atoms with van der Waals surface area (Å²) < 4.78 is 2.09. The first-order valence-electron chi connectivity index (χ1n) is 6.15. The lowest BCUT2D eigenvalue weighted by Crippen LogP contribution is -2.23. The molecule has 16 heavy (non-hydrogen) atoms. The molecule has 1 aliphatic rings.